The van der Waals surface area contributed by atoms with Crippen LogP contribution in [0.4, 0.5) is 16.2 Å². The van der Waals surface area contributed by atoms with Crippen molar-refractivity contribution in [2.24, 2.45) is 5.92 Å². The van der Waals surface area contributed by atoms with Crippen molar-refractivity contribution in [2.75, 3.05) is 23.8 Å². The van der Waals surface area contributed by atoms with Crippen LogP contribution in [0.5, 0.6) is 0 Å². The number of rotatable bonds is 5. The zero-order valence-corrected chi connectivity index (χ0v) is 12.9. The number of nitrogens with one attached hydrogen (secondary N) is 2. The number of ether oxygens (including phenoxy) is 1. The van der Waals surface area contributed by atoms with Crippen molar-refractivity contribution in [2.45, 2.75) is 45.4 Å². The Hall–Kier alpha value is -1.71. The SMILES string of the molecule is CCOC(=O)Nc1ccc(NCC2CCCCCC2)cc1. The van der Waals surface area contributed by atoms with E-state index in [1.807, 2.05) is 24.3 Å². The van der Waals surface area contributed by atoms with Crippen molar-refractivity contribution in [1.82, 2.24) is 0 Å². The van der Waals surface area contributed by atoms with Gasteiger partial charge < -0.3 is 10.1 Å². The van der Waals surface area contributed by atoms with Crippen LogP contribution in [-0.4, -0.2) is 19.2 Å². The van der Waals surface area contributed by atoms with Crippen LogP contribution in [0.25, 0.3) is 0 Å². The van der Waals surface area contributed by atoms with Crippen molar-refractivity contribution in [3.8, 4) is 0 Å². The Morgan fingerprint density at radius 1 is 1.10 bits per heavy atom. The lowest BCUT2D eigenvalue weighted by molar-refractivity contribution is 0.168. The molecule has 0 atom stereocenters. The molecule has 1 saturated carbocycles. The van der Waals surface area contributed by atoms with Gasteiger partial charge in [-0.2, -0.15) is 0 Å². The number of hydrogen-bond acceptors (Lipinski definition) is 3. The van der Waals surface area contributed by atoms with Gasteiger partial charge in [0.15, 0.2) is 0 Å². The van der Waals surface area contributed by atoms with Gasteiger partial charge in [0.25, 0.3) is 0 Å². The van der Waals surface area contributed by atoms with Crippen LogP contribution >= 0.6 is 0 Å². The fourth-order valence-electron chi connectivity index (χ4n) is 2.79. The summed E-state index contributed by atoms with van der Waals surface area (Å²) in [6.45, 7) is 3.22. The quantitative estimate of drug-likeness (QED) is 0.777. The number of anilines is 2. The Balaban J connectivity index is 1.77. The highest BCUT2D eigenvalue weighted by Crippen LogP contribution is 2.23. The van der Waals surface area contributed by atoms with Gasteiger partial charge in [0.05, 0.1) is 6.61 Å². The van der Waals surface area contributed by atoms with E-state index in [4.69, 9.17) is 4.74 Å². The Kier molecular flexibility index (Phi) is 6.38. The predicted molar refractivity (Wildman–Crippen MR) is 86.8 cm³/mol. The van der Waals surface area contributed by atoms with Crippen molar-refractivity contribution in [3.05, 3.63) is 24.3 Å². The van der Waals surface area contributed by atoms with Crippen LogP contribution in [0.2, 0.25) is 0 Å². The summed E-state index contributed by atoms with van der Waals surface area (Å²) in [4.78, 5) is 11.3. The van der Waals surface area contributed by atoms with E-state index >= 15 is 0 Å². The van der Waals surface area contributed by atoms with E-state index in [-0.39, 0.29) is 0 Å². The Morgan fingerprint density at radius 3 is 2.33 bits per heavy atom. The fourth-order valence-corrected chi connectivity index (χ4v) is 2.79. The summed E-state index contributed by atoms with van der Waals surface area (Å²) in [6.07, 6.45) is 7.81. The summed E-state index contributed by atoms with van der Waals surface area (Å²) < 4.78 is 4.85. The average molecular weight is 290 g/mol. The first kappa shape index (κ1) is 15.7. The van der Waals surface area contributed by atoms with Crippen LogP contribution in [0, 0.1) is 5.92 Å². The minimum atomic E-state index is -0.406. The lowest BCUT2D eigenvalue weighted by Gasteiger charge is -2.16. The maximum Gasteiger partial charge on any atom is 0.411 e. The fraction of sp³-hybridized carbons (Fsp3) is 0.588. The number of amides is 1. The standard InChI is InChI=1S/C17H26N2O2/c1-2-21-17(20)19-16-11-9-15(10-12-16)18-13-14-7-5-3-4-6-8-14/h9-12,14,18H,2-8,13H2,1H3,(H,19,20). The van der Waals surface area contributed by atoms with Gasteiger partial charge in [-0.05, 0) is 49.9 Å². The van der Waals surface area contributed by atoms with Gasteiger partial charge in [0.1, 0.15) is 0 Å². The molecule has 0 aromatic heterocycles. The topological polar surface area (TPSA) is 50.4 Å². The molecule has 1 aromatic carbocycles. The summed E-state index contributed by atoms with van der Waals surface area (Å²) in [6, 6.07) is 7.79. The van der Waals surface area contributed by atoms with Gasteiger partial charge in [0.2, 0.25) is 0 Å². The summed E-state index contributed by atoms with van der Waals surface area (Å²) in [5.41, 5.74) is 1.86. The molecule has 0 heterocycles. The molecule has 1 aliphatic carbocycles. The van der Waals surface area contributed by atoms with Crippen LogP contribution < -0.4 is 10.6 Å². The smallest absolute Gasteiger partial charge is 0.411 e. The molecule has 0 bridgehead atoms. The summed E-state index contributed by atoms with van der Waals surface area (Å²) in [7, 11) is 0. The molecule has 1 fully saturated rings. The molecule has 2 rings (SSSR count). The van der Waals surface area contributed by atoms with Crippen molar-refractivity contribution in [1.29, 1.82) is 0 Å². The van der Waals surface area contributed by atoms with Gasteiger partial charge in [-0.25, -0.2) is 4.79 Å². The van der Waals surface area contributed by atoms with Gasteiger partial charge >= 0.3 is 6.09 Å². The molecule has 0 unspecified atom stereocenters. The molecule has 2 N–H and O–H groups in total. The number of carbonyl (C=O) groups is 1. The van der Waals surface area contributed by atoms with E-state index in [0.717, 1.165) is 23.8 Å². The Labute approximate surface area is 127 Å². The third-order valence-electron chi connectivity index (χ3n) is 3.98. The van der Waals surface area contributed by atoms with Crippen LogP contribution in [0.3, 0.4) is 0 Å². The monoisotopic (exact) mass is 290 g/mol. The molecule has 0 saturated heterocycles. The van der Waals surface area contributed by atoms with E-state index < -0.39 is 6.09 Å². The van der Waals surface area contributed by atoms with Crippen LogP contribution in [0.1, 0.15) is 45.4 Å². The minimum Gasteiger partial charge on any atom is -0.450 e. The lowest BCUT2D eigenvalue weighted by Crippen LogP contribution is -2.14. The van der Waals surface area contributed by atoms with Gasteiger partial charge in [-0.15, -0.1) is 0 Å². The molecule has 4 heteroatoms. The maximum absolute atomic E-state index is 11.3. The molecule has 21 heavy (non-hydrogen) atoms. The number of hydrogen-bond donors (Lipinski definition) is 2. The molecular weight excluding hydrogens is 264 g/mol. The molecule has 4 nitrogen and oxygen atoms in total. The second-order valence-electron chi connectivity index (χ2n) is 5.66. The van der Waals surface area contributed by atoms with Crippen molar-refractivity contribution in [3.63, 3.8) is 0 Å². The Bertz CT molecular complexity index is 423. The number of carbonyl (C=O) groups excluding carboxylic acids is 1. The normalized spacial score (nSPS) is 16.0. The molecule has 1 amide bonds. The third-order valence-corrected chi connectivity index (χ3v) is 3.98. The third kappa shape index (κ3) is 5.66. The average Bonchev–Trinajstić information content (AvgIpc) is 2.75. The van der Waals surface area contributed by atoms with Crippen molar-refractivity contribution >= 4 is 17.5 Å². The largest absolute Gasteiger partial charge is 0.450 e. The first-order valence-electron chi connectivity index (χ1n) is 8.05. The molecule has 0 radical (unpaired) electrons. The van der Waals surface area contributed by atoms with E-state index in [1.54, 1.807) is 6.92 Å². The van der Waals surface area contributed by atoms with Gasteiger partial charge in [-0.1, -0.05) is 25.7 Å². The van der Waals surface area contributed by atoms with E-state index in [1.165, 1.54) is 38.5 Å². The molecule has 0 spiro atoms. The van der Waals surface area contributed by atoms with Crippen LogP contribution in [0.15, 0.2) is 24.3 Å². The first-order chi connectivity index (χ1) is 10.3. The zero-order chi connectivity index (χ0) is 14.9. The summed E-state index contributed by atoms with van der Waals surface area (Å²) in [5.74, 6) is 0.796. The van der Waals surface area contributed by atoms with E-state index in [2.05, 4.69) is 10.6 Å². The summed E-state index contributed by atoms with van der Waals surface area (Å²) in [5, 5.41) is 6.20. The van der Waals surface area contributed by atoms with Gasteiger partial charge in [0, 0.05) is 17.9 Å². The maximum atomic E-state index is 11.3. The highest BCUT2D eigenvalue weighted by atomic mass is 16.5. The molecule has 1 aliphatic rings. The Morgan fingerprint density at radius 2 is 1.71 bits per heavy atom. The van der Waals surface area contributed by atoms with Gasteiger partial charge in [-0.3, -0.25) is 5.32 Å². The predicted octanol–water partition coefficient (Wildman–Crippen LogP) is 4.64. The molecule has 116 valence electrons. The molecule has 0 aliphatic heterocycles. The molecular formula is C17H26N2O2. The molecule has 1 aromatic rings. The second-order valence-corrected chi connectivity index (χ2v) is 5.66. The van der Waals surface area contributed by atoms with E-state index in [9.17, 15) is 4.79 Å². The lowest BCUT2D eigenvalue weighted by atomic mass is 10.0. The highest BCUT2D eigenvalue weighted by molar-refractivity contribution is 5.84. The summed E-state index contributed by atoms with van der Waals surface area (Å²) >= 11 is 0. The highest BCUT2D eigenvalue weighted by Gasteiger charge is 2.11. The second kappa shape index (κ2) is 8.55. The van der Waals surface area contributed by atoms with E-state index in [0.29, 0.717) is 6.61 Å². The first-order valence-corrected chi connectivity index (χ1v) is 8.05. The zero-order valence-electron chi connectivity index (χ0n) is 12.9. The van der Waals surface area contributed by atoms with Crippen LogP contribution in [-0.2, 0) is 4.74 Å². The number of benzene rings is 1. The minimum absolute atomic E-state index is 0.382. The van der Waals surface area contributed by atoms with Crippen molar-refractivity contribution < 1.29 is 9.53 Å².